The van der Waals surface area contributed by atoms with E-state index in [9.17, 15) is 4.79 Å². The lowest BCUT2D eigenvalue weighted by Crippen LogP contribution is -2.09. The number of ketones is 1. The zero-order valence-electron chi connectivity index (χ0n) is 17.4. The highest BCUT2D eigenvalue weighted by molar-refractivity contribution is 5.98. The van der Waals surface area contributed by atoms with Crippen molar-refractivity contribution in [2.45, 2.75) is 6.92 Å². The molecule has 0 aromatic heterocycles. The summed E-state index contributed by atoms with van der Waals surface area (Å²) in [5.41, 5.74) is 6.14. The summed E-state index contributed by atoms with van der Waals surface area (Å²) >= 11 is 0. The van der Waals surface area contributed by atoms with E-state index in [0.717, 1.165) is 11.1 Å². The van der Waals surface area contributed by atoms with Crippen molar-refractivity contribution in [3.63, 3.8) is 0 Å². The molecule has 0 fully saturated rings. The molecule has 0 atom stereocenters. The number of carbonyl (C=O) groups is 1. The second-order valence-corrected chi connectivity index (χ2v) is 7.58. The normalized spacial score (nSPS) is 10.4. The van der Waals surface area contributed by atoms with Gasteiger partial charge in [0.1, 0.15) is 0 Å². The summed E-state index contributed by atoms with van der Waals surface area (Å²) in [6.45, 7) is 1.57. The summed E-state index contributed by atoms with van der Waals surface area (Å²) in [6, 6.07) is 28.7. The maximum Gasteiger partial charge on any atom is 0.159 e. The molecule has 0 saturated heterocycles. The van der Waals surface area contributed by atoms with Gasteiger partial charge in [-0.05, 0) is 59.8 Å². The topological polar surface area (TPSA) is 20.3 Å². The van der Waals surface area contributed by atoms with Crippen LogP contribution >= 0.6 is 0 Å². The number of nitrogens with zero attached hydrogens (tertiary/aromatic N) is 1. The van der Waals surface area contributed by atoms with Gasteiger partial charge in [-0.15, -0.1) is 0 Å². The predicted molar refractivity (Wildman–Crippen MR) is 126 cm³/mol. The molecule has 0 heterocycles. The first-order chi connectivity index (χ1) is 14.5. The molecule has 0 saturated carbocycles. The fraction of sp³-hybridized carbons (Fsp3) is 0.107. The summed E-state index contributed by atoms with van der Waals surface area (Å²) in [6.07, 6.45) is 0. The van der Waals surface area contributed by atoms with E-state index in [0.29, 0.717) is 5.56 Å². The molecule has 146 valence electrons. The third-order valence-corrected chi connectivity index (χ3v) is 5.16. The van der Waals surface area contributed by atoms with E-state index in [1.165, 1.54) is 27.6 Å². The van der Waals surface area contributed by atoms with Crippen molar-refractivity contribution in [3.8, 4) is 23.0 Å². The summed E-state index contributed by atoms with van der Waals surface area (Å²) in [7, 11) is 4.14. The van der Waals surface area contributed by atoms with Crippen LogP contribution in [0, 0.1) is 11.8 Å². The average Bonchev–Trinajstić information content (AvgIpc) is 2.77. The molecule has 0 amide bonds. The van der Waals surface area contributed by atoms with E-state index in [1.54, 1.807) is 6.92 Å². The monoisotopic (exact) mass is 389 g/mol. The summed E-state index contributed by atoms with van der Waals surface area (Å²) in [5, 5.41) is 2.37. The van der Waals surface area contributed by atoms with Gasteiger partial charge in [0.25, 0.3) is 0 Å². The Morgan fingerprint density at radius 2 is 1.40 bits per heavy atom. The third-order valence-electron chi connectivity index (χ3n) is 5.16. The van der Waals surface area contributed by atoms with E-state index in [4.69, 9.17) is 0 Å². The Morgan fingerprint density at radius 3 is 2.07 bits per heavy atom. The Hall–Kier alpha value is -3.83. The molecule has 0 aliphatic carbocycles. The van der Waals surface area contributed by atoms with Crippen LogP contribution in [-0.4, -0.2) is 19.9 Å². The number of fused-ring (bicyclic) bond motifs is 1. The molecule has 0 bridgehead atoms. The highest BCUT2D eigenvalue weighted by Crippen LogP contribution is 2.33. The number of rotatable bonds is 3. The predicted octanol–water partition coefficient (Wildman–Crippen LogP) is 6.18. The highest BCUT2D eigenvalue weighted by atomic mass is 16.1. The molecule has 0 spiro atoms. The van der Waals surface area contributed by atoms with Gasteiger partial charge in [-0.3, -0.25) is 4.79 Å². The molecular formula is C28H23NO. The molecule has 0 unspecified atom stereocenters. The van der Waals surface area contributed by atoms with Crippen molar-refractivity contribution in [2.24, 2.45) is 0 Å². The molecule has 30 heavy (non-hydrogen) atoms. The first-order valence-corrected chi connectivity index (χ1v) is 9.95. The first kappa shape index (κ1) is 19.5. The Balaban J connectivity index is 1.75. The van der Waals surface area contributed by atoms with Crippen molar-refractivity contribution in [2.75, 3.05) is 19.0 Å². The lowest BCUT2D eigenvalue weighted by molar-refractivity contribution is 0.101. The second kappa shape index (κ2) is 8.27. The number of benzene rings is 4. The molecule has 4 rings (SSSR count). The number of Topliss-reactive ketones (excluding diaryl/α,β-unsaturated/α-hetero) is 1. The lowest BCUT2D eigenvalue weighted by Gasteiger charge is -2.18. The first-order valence-electron chi connectivity index (χ1n) is 9.95. The van der Waals surface area contributed by atoms with Crippen LogP contribution in [0.2, 0.25) is 0 Å². The van der Waals surface area contributed by atoms with E-state index >= 15 is 0 Å². The molecule has 0 aliphatic heterocycles. The van der Waals surface area contributed by atoms with E-state index in [1.807, 2.05) is 30.3 Å². The summed E-state index contributed by atoms with van der Waals surface area (Å²) in [5.74, 6) is 6.53. The molecule has 0 aliphatic rings. The van der Waals surface area contributed by atoms with Gasteiger partial charge < -0.3 is 4.90 Å². The smallest absolute Gasteiger partial charge is 0.159 e. The van der Waals surface area contributed by atoms with Gasteiger partial charge in [0.15, 0.2) is 5.78 Å². The Bertz CT molecular complexity index is 1270. The zero-order chi connectivity index (χ0) is 21.1. The maximum atomic E-state index is 11.4. The van der Waals surface area contributed by atoms with Gasteiger partial charge in [-0.2, -0.15) is 0 Å². The third kappa shape index (κ3) is 4.11. The average molecular weight is 389 g/mol. The molecule has 4 aromatic rings. The van der Waals surface area contributed by atoms with Gasteiger partial charge in [-0.1, -0.05) is 60.4 Å². The lowest BCUT2D eigenvalue weighted by atomic mass is 9.98. The minimum Gasteiger partial charge on any atom is -0.377 e. The van der Waals surface area contributed by atoms with Gasteiger partial charge in [0, 0.05) is 41.9 Å². The minimum atomic E-state index is 0.0648. The van der Waals surface area contributed by atoms with Crippen LogP contribution in [0.15, 0.2) is 84.9 Å². The summed E-state index contributed by atoms with van der Waals surface area (Å²) in [4.78, 5) is 13.6. The number of hydrogen-bond acceptors (Lipinski definition) is 2. The SMILES string of the molecule is CC(=O)c1ccc(C#Cc2ccc3c(N(C)C)cc(-c4ccccc4)cc3c2)cc1. The Kier molecular flexibility index (Phi) is 5.37. The fourth-order valence-electron chi connectivity index (χ4n) is 3.53. The second-order valence-electron chi connectivity index (χ2n) is 7.58. The van der Waals surface area contributed by atoms with Crippen LogP contribution in [0.3, 0.4) is 0 Å². The zero-order valence-corrected chi connectivity index (χ0v) is 17.4. The number of anilines is 1. The van der Waals surface area contributed by atoms with Crippen LogP contribution in [0.5, 0.6) is 0 Å². The fourth-order valence-corrected chi connectivity index (χ4v) is 3.53. The highest BCUT2D eigenvalue weighted by Gasteiger charge is 2.08. The molecule has 0 radical (unpaired) electrons. The van der Waals surface area contributed by atoms with Gasteiger partial charge >= 0.3 is 0 Å². The molecule has 0 N–H and O–H groups in total. The van der Waals surface area contributed by atoms with Crippen molar-refractivity contribution >= 4 is 22.2 Å². The summed E-state index contributed by atoms with van der Waals surface area (Å²) < 4.78 is 0. The molecular weight excluding hydrogens is 366 g/mol. The van der Waals surface area contributed by atoms with E-state index in [2.05, 4.69) is 85.4 Å². The number of carbonyl (C=O) groups excluding carboxylic acids is 1. The maximum absolute atomic E-state index is 11.4. The van der Waals surface area contributed by atoms with Gasteiger partial charge in [0.05, 0.1) is 0 Å². The number of hydrogen-bond donors (Lipinski definition) is 0. The van der Waals surface area contributed by atoms with Gasteiger partial charge in [0.2, 0.25) is 0 Å². The minimum absolute atomic E-state index is 0.0648. The van der Waals surface area contributed by atoms with Gasteiger partial charge in [-0.25, -0.2) is 0 Å². The molecule has 4 aromatic carbocycles. The van der Waals surface area contributed by atoms with Crippen molar-refractivity contribution in [1.82, 2.24) is 0 Å². The van der Waals surface area contributed by atoms with E-state index < -0.39 is 0 Å². The van der Waals surface area contributed by atoms with Crippen LogP contribution in [0.25, 0.3) is 21.9 Å². The standard InChI is InChI=1S/C28H23NO/c1-20(30)23-14-11-21(12-15-23)9-10-22-13-16-27-26(17-22)18-25(19-28(27)29(2)3)24-7-5-4-6-8-24/h4-8,11-19H,1-3H3. The quantitative estimate of drug-likeness (QED) is 0.308. The van der Waals surface area contributed by atoms with Crippen LogP contribution < -0.4 is 4.90 Å². The molecule has 2 nitrogen and oxygen atoms in total. The van der Waals surface area contributed by atoms with Crippen LogP contribution in [0.4, 0.5) is 5.69 Å². The Labute approximate surface area is 177 Å². The Morgan fingerprint density at radius 1 is 0.733 bits per heavy atom. The van der Waals surface area contributed by atoms with E-state index in [-0.39, 0.29) is 5.78 Å². The largest absolute Gasteiger partial charge is 0.377 e. The van der Waals surface area contributed by atoms with Crippen molar-refractivity contribution < 1.29 is 4.79 Å². The van der Waals surface area contributed by atoms with Crippen molar-refractivity contribution in [1.29, 1.82) is 0 Å². The van der Waals surface area contributed by atoms with Crippen LogP contribution in [-0.2, 0) is 0 Å². The molecule has 2 heteroatoms. The van der Waals surface area contributed by atoms with Crippen molar-refractivity contribution in [3.05, 3.63) is 102 Å². The van der Waals surface area contributed by atoms with Crippen LogP contribution in [0.1, 0.15) is 28.4 Å².